The smallest absolute Gasteiger partial charge is 0.228 e. The molecule has 1 aliphatic heterocycles. The largest absolute Gasteiger partial charge is 0.491 e. The molecule has 0 saturated heterocycles. The summed E-state index contributed by atoms with van der Waals surface area (Å²) in [6.45, 7) is 3.96. The fraction of sp³-hybridized carbons (Fsp3) is 0.462. The third kappa shape index (κ3) is 2.26. The summed E-state index contributed by atoms with van der Waals surface area (Å²) in [5.41, 5.74) is 7.85. The van der Waals surface area contributed by atoms with Crippen molar-refractivity contribution in [1.82, 2.24) is 0 Å². The summed E-state index contributed by atoms with van der Waals surface area (Å²) >= 11 is 0. The molecule has 0 aliphatic carbocycles. The Morgan fingerprint density at radius 1 is 1.47 bits per heavy atom. The molecule has 1 heterocycles. The van der Waals surface area contributed by atoms with Crippen molar-refractivity contribution in [2.75, 3.05) is 11.9 Å². The van der Waals surface area contributed by atoms with Crippen molar-refractivity contribution in [1.29, 1.82) is 0 Å². The monoisotopic (exact) mass is 234 g/mol. The first-order chi connectivity index (χ1) is 7.99. The number of carbonyl (C=O) groups is 1. The fourth-order valence-corrected chi connectivity index (χ4v) is 2.05. The van der Waals surface area contributed by atoms with Gasteiger partial charge in [0.15, 0.2) is 0 Å². The molecule has 1 aromatic carbocycles. The van der Waals surface area contributed by atoms with E-state index in [1.807, 2.05) is 32.0 Å². The molecule has 4 heteroatoms. The Morgan fingerprint density at radius 2 is 2.18 bits per heavy atom. The summed E-state index contributed by atoms with van der Waals surface area (Å²) in [4.78, 5) is 13.3. The third-order valence-corrected chi connectivity index (χ3v) is 2.90. The van der Waals surface area contributed by atoms with E-state index in [1.165, 1.54) is 0 Å². The lowest BCUT2D eigenvalue weighted by Crippen LogP contribution is -2.35. The quantitative estimate of drug-likeness (QED) is 0.849. The Kier molecular flexibility index (Phi) is 3.07. The van der Waals surface area contributed by atoms with Crippen LogP contribution in [0.1, 0.15) is 31.9 Å². The maximum atomic E-state index is 11.6. The Bertz CT molecular complexity index is 443. The van der Waals surface area contributed by atoms with Crippen LogP contribution in [0.25, 0.3) is 0 Å². The standard InChI is InChI=1S/C13H18N2O2/c1-8(2)17-9-4-5-12-10(6-9)11(14)7-13(16)15(12)3/h4-6,8,11H,7,14H2,1-3H3. The highest BCUT2D eigenvalue weighted by Gasteiger charge is 2.27. The SMILES string of the molecule is CC(C)Oc1ccc2c(c1)C(N)CC(=O)N2C. The molecule has 2 N–H and O–H groups in total. The van der Waals surface area contributed by atoms with E-state index in [1.54, 1.807) is 11.9 Å². The van der Waals surface area contributed by atoms with E-state index >= 15 is 0 Å². The minimum Gasteiger partial charge on any atom is -0.491 e. The highest BCUT2D eigenvalue weighted by Crippen LogP contribution is 2.34. The molecule has 2 rings (SSSR count). The normalized spacial score (nSPS) is 19.5. The highest BCUT2D eigenvalue weighted by molar-refractivity contribution is 5.96. The molecular formula is C13H18N2O2. The fourth-order valence-electron chi connectivity index (χ4n) is 2.05. The Labute approximate surface area is 101 Å². The van der Waals surface area contributed by atoms with E-state index in [2.05, 4.69) is 0 Å². The van der Waals surface area contributed by atoms with E-state index < -0.39 is 0 Å². The predicted octanol–water partition coefficient (Wildman–Crippen LogP) is 1.84. The molecule has 17 heavy (non-hydrogen) atoms. The molecule has 0 radical (unpaired) electrons. The van der Waals surface area contributed by atoms with E-state index in [4.69, 9.17) is 10.5 Å². The van der Waals surface area contributed by atoms with Gasteiger partial charge in [0, 0.05) is 25.2 Å². The molecule has 1 aromatic rings. The maximum absolute atomic E-state index is 11.6. The van der Waals surface area contributed by atoms with Crippen LogP contribution in [0, 0.1) is 0 Å². The number of amides is 1. The molecule has 1 unspecified atom stereocenters. The van der Waals surface area contributed by atoms with Crippen LogP contribution in [-0.2, 0) is 4.79 Å². The van der Waals surface area contributed by atoms with Crippen molar-refractivity contribution >= 4 is 11.6 Å². The van der Waals surface area contributed by atoms with Crippen LogP contribution < -0.4 is 15.4 Å². The van der Waals surface area contributed by atoms with Gasteiger partial charge >= 0.3 is 0 Å². The van der Waals surface area contributed by atoms with Crippen molar-refractivity contribution in [3.8, 4) is 5.75 Å². The number of nitrogens with zero attached hydrogens (tertiary/aromatic N) is 1. The van der Waals surface area contributed by atoms with Crippen LogP contribution in [0.15, 0.2) is 18.2 Å². The average molecular weight is 234 g/mol. The second-order valence-corrected chi connectivity index (χ2v) is 4.65. The second-order valence-electron chi connectivity index (χ2n) is 4.65. The molecule has 1 amide bonds. The molecular weight excluding hydrogens is 216 g/mol. The van der Waals surface area contributed by atoms with Gasteiger partial charge in [-0.25, -0.2) is 0 Å². The van der Waals surface area contributed by atoms with E-state index in [0.717, 1.165) is 17.0 Å². The predicted molar refractivity (Wildman–Crippen MR) is 67.2 cm³/mol. The zero-order valence-corrected chi connectivity index (χ0v) is 10.4. The minimum absolute atomic E-state index is 0.0579. The number of benzene rings is 1. The summed E-state index contributed by atoms with van der Waals surface area (Å²) in [5.74, 6) is 0.861. The van der Waals surface area contributed by atoms with Crippen molar-refractivity contribution < 1.29 is 9.53 Å². The molecule has 0 saturated carbocycles. The van der Waals surface area contributed by atoms with Crippen molar-refractivity contribution in [3.05, 3.63) is 23.8 Å². The van der Waals surface area contributed by atoms with Gasteiger partial charge in [-0.1, -0.05) is 0 Å². The van der Waals surface area contributed by atoms with Crippen LogP contribution in [0.2, 0.25) is 0 Å². The van der Waals surface area contributed by atoms with Gasteiger partial charge in [-0.3, -0.25) is 4.79 Å². The molecule has 4 nitrogen and oxygen atoms in total. The topological polar surface area (TPSA) is 55.6 Å². The van der Waals surface area contributed by atoms with Crippen LogP contribution in [0.5, 0.6) is 5.75 Å². The number of rotatable bonds is 2. The first-order valence-electron chi connectivity index (χ1n) is 5.81. The number of hydrogen-bond acceptors (Lipinski definition) is 3. The lowest BCUT2D eigenvalue weighted by Gasteiger charge is -2.30. The number of ether oxygens (including phenoxy) is 1. The van der Waals surface area contributed by atoms with Gasteiger partial charge in [-0.2, -0.15) is 0 Å². The lowest BCUT2D eigenvalue weighted by molar-refractivity contribution is -0.119. The van der Waals surface area contributed by atoms with Gasteiger partial charge < -0.3 is 15.4 Å². The summed E-state index contributed by atoms with van der Waals surface area (Å²) in [7, 11) is 1.77. The van der Waals surface area contributed by atoms with Crippen LogP contribution in [-0.4, -0.2) is 19.1 Å². The summed E-state index contributed by atoms with van der Waals surface area (Å²) in [6, 6.07) is 5.47. The molecule has 92 valence electrons. The molecule has 0 aromatic heterocycles. The minimum atomic E-state index is -0.232. The van der Waals surface area contributed by atoms with Crippen molar-refractivity contribution in [2.45, 2.75) is 32.4 Å². The first kappa shape index (κ1) is 11.9. The molecule has 0 bridgehead atoms. The molecule has 1 aliphatic rings. The van der Waals surface area contributed by atoms with Crippen LogP contribution in [0.3, 0.4) is 0 Å². The second kappa shape index (κ2) is 4.37. The van der Waals surface area contributed by atoms with Gasteiger partial charge in [0.2, 0.25) is 5.91 Å². The van der Waals surface area contributed by atoms with E-state index in [9.17, 15) is 4.79 Å². The van der Waals surface area contributed by atoms with Gasteiger partial charge in [0.25, 0.3) is 0 Å². The lowest BCUT2D eigenvalue weighted by atomic mass is 9.97. The highest BCUT2D eigenvalue weighted by atomic mass is 16.5. The number of nitrogens with two attached hydrogens (primary N) is 1. The Balaban J connectivity index is 2.38. The van der Waals surface area contributed by atoms with Gasteiger partial charge in [0.05, 0.1) is 6.10 Å². The van der Waals surface area contributed by atoms with E-state index in [-0.39, 0.29) is 18.1 Å². The van der Waals surface area contributed by atoms with Crippen molar-refractivity contribution in [3.63, 3.8) is 0 Å². The van der Waals surface area contributed by atoms with Gasteiger partial charge in [-0.05, 0) is 37.6 Å². The van der Waals surface area contributed by atoms with Gasteiger partial charge in [0.1, 0.15) is 5.75 Å². The first-order valence-corrected chi connectivity index (χ1v) is 5.81. The number of carbonyl (C=O) groups excluding carboxylic acids is 1. The maximum Gasteiger partial charge on any atom is 0.228 e. The number of fused-ring (bicyclic) bond motifs is 1. The van der Waals surface area contributed by atoms with Gasteiger partial charge in [-0.15, -0.1) is 0 Å². The zero-order chi connectivity index (χ0) is 12.6. The number of anilines is 1. The van der Waals surface area contributed by atoms with Crippen molar-refractivity contribution in [2.24, 2.45) is 5.73 Å². The van der Waals surface area contributed by atoms with Crippen LogP contribution in [0.4, 0.5) is 5.69 Å². The molecule has 1 atom stereocenters. The summed E-state index contributed by atoms with van der Waals surface area (Å²) in [6.07, 6.45) is 0.487. The Morgan fingerprint density at radius 3 is 2.82 bits per heavy atom. The average Bonchev–Trinajstić information content (AvgIpc) is 2.25. The van der Waals surface area contributed by atoms with Crippen LogP contribution >= 0.6 is 0 Å². The molecule has 0 spiro atoms. The summed E-state index contributed by atoms with van der Waals surface area (Å²) < 4.78 is 5.63. The molecule has 0 fully saturated rings. The third-order valence-electron chi connectivity index (χ3n) is 2.90. The van der Waals surface area contributed by atoms with E-state index in [0.29, 0.717) is 6.42 Å². The number of hydrogen-bond donors (Lipinski definition) is 1. The Hall–Kier alpha value is -1.55. The zero-order valence-electron chi connectivity index (χ0n) is 10.4. The summed E-state index contributed by atoms with van der Waals surface area (Å²) in [5, 5.41) is 0.